The van der Waals surface area contributed by atoms with E-state index in [0.29, 0.717) is 19.5 Å². The van der Waals surface area contributed by atoms with Crippen LogP contribution in [0.4, 0.5) is 5.69 Å². The number of piperazine rings is 1. The Labute approximate surface area is 399 Å². The van der Waals surface area contributed by atoms with Gasteiger partial charge in [-0.05, 0) is 103 Å². The molecule has 0 saturated carbocycles. The molecule has 3 aliphatic rings. The zero-order valence-electron chi connectivity index (χ0n) is 39.3. The van der Waals surface area contributed by atoms with Gasteiger partial charge in [0, 0.05) is 76.2 Å². The van der Waals surface area contributed by atoms with E-state index in [0.717, 1.165) is 147 Å². The first-order valence-corrected chi connectivity index (χ1v) is 24.3. The average molecular weight is 898 g/mol. The van der Waals surface area contributed by atoms with Crippen LogP contribution >= 0.6 is 0 Å². The first kappa shape index (κ1) is 44.6. The Morgan fingerprint density at radius 2 is 0.971 bits per heavy atom. The van der Waals surface area contributed by atoms with Crippen molar-refractivity contribution in [1.82, 2.24) is 29.7 Å². The molecule has 1 atom stereocenters. The van der Waals surface area contributed by atoms with Gasteiger partial charge >= 0.3 is 0 Å². The minimum absolute atomic E-state index is 0.178. The molecule has 3 aromatic heterocycles. The molecule has 0 unspecified atom stereocenters. The van der Waals surface area contributed by atoms with Crippen molar-refractivity contribution in [1.29, 1.82) is 0 Å². The lowest BCUT2D eigenvalue weighted by Gasteiger charge is -2.38. The minimum atomic E-state index is -0.705. The lowest BCUT2D eigenvalue weighted by atomic mass is 9.85. The highest BCUT2D eigenvalue weighted by atomic mass is 16.1. The number of aromatic amines is 2. The van der Waals surface area contributed by atoms with E-state index in [1.807, 2.05) is 6.07 Å². The van der Waals surface area contributed by atoms with Gasteiger partial charge in [-0.15, -0.1) is 0 Å². The molecule has 9 heteroatoms. The summed E-state index contributed by atoms with van der Waals surface area (Å²) in [4.78, 5) is 49.3. The molecule has 0 amide bonds. The number of H-pyrrole nitrogens is 2. The fraction of sp³-hybridized carbons (Fsp3) is 0.254. The Balaban J connectivity index is 1.13. The summed E-state index contributed by atoms with van der Waals surface area (Å²) < 4.78 is 0. The summed E-state index contributed by atoms with van der Waals surface area (Å²) in [6.07, 6.45) is 8.16. The molecule has 10 rings (SSSR count). The van der Waals surface area contributed by atoms with E-state index in [1.165, 1.54) is 0 Å². The summed E-state index contributed by atoms with van der Waals surface area (Å²) in [5, 5.41) is 3.76. The van der Waals surface area contributed by atoms with Crippen LogP contribution in [0.5, 0.6) is 0 Å². The number of nitrogens with one attached hydrogen (secondary N) is 3. The first-order chi connectivity index (χ1) is 33.3. The Hall–Kier alpha value is -7.20. The molecule has 0 spiro atoms. The molecule has 8 bridgehead atoms. The predicted octanol–water partition coefficient (Wildman–Crippen LogP) is 12.1. The second-order valence-corrected chi connectivity index (χ2v) is 18.5. The molecule has 6 heterocycles. The maximum Gasteiger partial charge on any atom is 0.172 e. The van der Waals surface area contributed by atoms with Gasteiger partial charge in [0.1, 0.15) is 5.78 Å². The molecule has 9 nitrogen and oxygen atoms in total. The third-order valence-corrected chi connectivity index (χ3v) is 13.9. The summed E-state index contributed by atoms with van der Waals surface area (Å²) in [5.41, 5.74) is 16.4. The van der Waals surface area contributed by atoms with Crippen LogP contribution in [0, 0.1) is 0 Å². The van der Waals surface area contributed by atoms with Crippen LogP contribution in [0.1, 0.15) is 62.8 Å². The van der Waals surface area contributed by atoms with Gasteiger partial charge in [-0.2, -0.15) is 0 Å². The van der Waals surface area contributed by atoms with Gasteiger partial charge in [0.15, 0.2) is 5.78 Å². The molecule has 3 aliphatic heterocycles. The van der Waals surface area contributed by atoms with Crippen LogP contribution in [0.15, 0.2) is 140 Å². The van der Waals surface area contributed by atoms with E-state index < -0.39 is 5.54 Å². The summed E-state index contributed by atoms with van der Waals surface area (Å²) >= 11 is 0. The van der Waals surface area contributed by atoms with Crippen molar-refractivity contribution in [2.45, 2.75) is 58.4 Å². The average Bonchev–Trinajstić information content (AvgIpc) is 4.22. The monoisotopic (exact) mass is 897 g/mol. The number of anilines is 1. The SMILES string of the molecule is CCC[C@](CC)(Nc1ccc(-c2c3nc(c(-c4ccccc4)c4ccc([nH]4)c(-c4ccccc4)c4nc(c(-c5ccccc5)c5ccc2[nH]5)CC4)C=C3)cc1)C(=O)CN1CCN(CC(C)=O)CC1. The molecule has 0 radical (unpaired) electrons. The number of carbonyl (C=O) groups is 2. The number of aromatic nitrogens is 4. The number of Topliss-reactive ketones (excluding diaryl/α,β-unsaturated/α-hetero) is 2. The summed E-state index contributed by atoms with van der Waals surface area (Å²) in [6.45, 7) is 9.90. The Kier molecular flexibility index (Phi) is 12.8. The molecule has 68 heavy (non-hydrogen) atoms. The van der Waals surface area contributed by atoms with E-state index in [-0.39, 0.29) is 11.6 Å². The Bertz CT molecular complexity index is 3150. The van der Waals surface area contributed by atoms with Gasteiger partial charge in [-0.3, -0.25) is 24.4 Å². The molecule has 342 valence electrons. The highest BCUT2D eigenvalue weighted by Gasteiger charge is 2.37. The molecule has 1 fully saturated rings. The fourth-order valence-electron chi connectivity index (χ4n) is 10.5. The standard InChI is InChI=1S/C59H59N7O2/c1-4-33-59(5-2,54(68)39-66-36-34-65(35-37-66)38-40(3)67)64-45-23-21-44(22-24-45)58-52-31-29-50(62-52)56(42-17-11-7-12-18-42)48-27-25-46(60-48)55(41-15-9-6-10-16-41)47-26-28-49(61-47)57(43-19-13-8-14-20-43)51-30-32-53(58)63-51/h6-25,27,29-32,60,63-64H,4-5,26,28,33-39H2,1-3H3/t59-/m0/s1. The number of carbonyl (C=O) groups excluding carboxylic acids is 2. The van der Waals surface area contributed by atoms with Crippen LogP contribution in [-0.2, 0) is 22.4 Å². The topological polar surface area (TPSA) is 110 Å². The molecule has 3 N–H and O–H groups in total. The number of hydrogen-bond donors (Lipinski definition) is 3. The molecule has 4 aromatic carbocycles. The predicted molar refractivity (Wildman–Crippen MR) is 279 cm³/mol. The summed E-state index contributed by atoms with van der Waals surface area (Å²) in [5.74, 6) is 0.387. The zero-order chi connectivity index (χ0) is 46.6. The zero-order valence-corrected chi connectivity index (χ0v) is 39.3. The molecular weight excluding hydrogens is 839 g/mol. The molecule has 1 saturated heterocycles. The van der Waals surface area contributed by atoms with Crippen LogP contribution in [0.25, 0.3) is 78.7 Å². The maximum atomic E-state index is 14.4. The number of nitrogens with zero attached hydrogens (tertiary/aromatic N) is 4. The second kappa shape index (κ2) is 19.6. The van der Waals surface area contributed by atoms with Gasteiger partial charge in [0.2, 0.25) is 0 Å². The van der Waals surface area contributed by atoms with Crippen molar-refractivity contribution in [2.75, 3.05) is 44.6 Å². The van der Waals surface area contributed by atoms with E-state index in [9.17, 15) is 9.59 Å². The third-order valence-electron chi connectivity index (χ3n) is 13.9. The number of rotatable bonds is 14. The fourth-order valence-corrected chi connectivity index (χ4v) is 10.5. The minimum Gasteiger partial charge on any atom is -0.373 e. The third kappa shape index (κ3) is 9.12. The lowest BCUT2D eigenvalue weighted by molar-refractivity contribution is -0.126. The number of hydrogen-bond acceptors (Lipinski definition) is 7. The number of ketones is 2. The Morgan fingerprint density at radius 3 is 1.41 bits per heavy atom. The van der Waals surface area contributed by atoms with E-state index in [4.69, 9.17) is 9.97 Å². The number of fused-ring (bicyclic) bond motifs is 8. The van der Waals surface area contributed by atoms with E-state index in [2.05, 4.69) is 185 Å². The normalized spacial score (nSPS) is 15.0. The van der Waals surface area contributed by atoms with Crippen molar-refractivity contribution < 1.29 is 9.59 Å². The van der Waals surface area contributed by atoms with Gasteiger partial charge in [-0.1, -0.05) is 123 Å². The number of aryl methyl sites for hydroxylation is 2. The van der Waals surface area contributed by atoms with Crippen molar-refractivity contribution in [3.63, 3.8) is 0 Å². The molecule has 7 aromatic rings. The molecular formula is C59H59N7O2. The van der Waals surface area contributed by atoms with Crippen LogP contribution in [0.2, 0.25) is 0 Å². The van der Waals surface area contributed by atoms with Crippen LogP contribution in [-0.4, -0.2) is 86.1 Å². The van der Waals surface area contributed by atoms with Crippen molar-refractivity contribution in [2.24, 2.45) is 0 Å². The van der Waals surface area contributed by atoms with E-state index in [1.54, 1.807) is 6.92 Å². The van der Waals surface area contributed by atoms with E-state index >= 15 is 0 Å². The van der Waals surface area contributed by atoms with Crippen molar-refractivity contribution in [3.8, 4) is 44.5 Å². The van der Waals surface area contributed by atoms with Gasteiger partial charge < -0.3 is 15.3 Å². The van der Waals surface area contributed by atoms with Crippen LogP contribution < -0.4 is 5.32 Å². The number of benzene rings is 4. The smallest absolute Gasteiger partial charge is 0.172 e. The summed E-state index contributed by atoms with van der Waals surface area (Å²) in [6, 6.07) is 49.0. The second-order valence-electron chi connectivity index (χ2n) is 18.5. The largest absolute Gasteiger partial charge is 0.373 e. The first-order valence-electron chi connectivity index (χ1n) is 24.3. The van der Waals surface area contributed by atoms with Gasteiger partial charge in [0.25, 0.3) is 0 Å². The van der Waals surface area contributed by atoms with Crippen LogP contribution in [0.3, 0.4) is 0 Å². The van der Waals surface area contributed by atoms with Crippen molar-refractivity contribution in [3.05, 3.63) is 162 Å². The summed E-state index contributed by atoms with van der Waals surface area (Å²) in [7, 11) is 0. The van der Waals surface area contributed by atoms with Gasteiger partial charge in [-0.25, -0.2) is 4.98 Å². The lowest BCUT2D eigenvalue weighted by Crippen LogP contribution is -2.54. The maximum absolute atomic E-state index is 14.4. The highest BCUT2D eigenvalue weighted by molar-refractivity contribution is 5.98. The highest BCUT2D eigenvalue weighted by Crippen LogP contribution is 2.39. The van der Waals surface area contributed by atoms with Gasteiger partial charge in [0.05, 0.1) is 41.4 Å². The van der Waals surface area contributed by atoms with Crippen molar-refractivity contribution >= 4 is 51.5 Å². The quantitative estimate of drug-likeness (QED) is 0.0997. The molecule has 0 aliphatic carbocycles. The Morgan fingerprint density at radius 1 is 0.544 bits per heavy atom.